The summed E-state index contributed by atoms with van der Waals surface area (Å²) < 4.78 is 66.6. The van der Waals surface area contributed by atoms with E-state index < -0.39 is 29.4 Å². The Labute approximate surface area is 202 Å². The fourth-order valence-electron chi connectivity index (χ4n) is 5.27. The van der Waals surface area contributed by atoms with E-state index in [0.29, 0.717) is 22.5 Å². The van der Waals surface area contributed by atoms with Crippen molar-refractivity contribution in [2.45, 2.75) is 69.4 Å². The molecule has 3 heterocycles. The van der Waals surface area contributed by atoms with Gasteiger partial charge in [0.2, 0.25) is 5.92 Å². The summed E-state index contributed by atoms with van der Waals surface area (Å²) in [5, 5.41) is 0.134. The van der Waals surface area contributed by atoms with E-state index in [0.717, 1.165) is 0 Å². The maximum atomic E-state index is 13.5. The van der Waals surface area contributed by atoms with E-state index in [2.05, 4.69) is 19.9 Å². The van der Waals surface area contributed by atoms with Crippen molar-refractivity contribution in [2.75, 3.05) is 0 Å². The van der Waals surface area contributed by atoms with E-state index in [-0.39, 0.29) is 67.1 Å². The Balaban J connectivity index is 1.58. The van der Waals surface area contributed by atoms with Gasteiger partial charge in [-0.25, -0.2) is 18.7 Å². The van der Waals surface area contributed by atoms with Gasteiger partial charge in [0.25, 0.3) is 0 Å². The quantitative estimate of drug-likeness (QED) is 0.350. The van der Waals surface area contributed by atoms with Gasteiger partial charge in [-0.1, -0.05) is 0 Å². The molecule has 0 spiro atoms. The number of nitrogens with zero attached hydrogens (tertiary/aromatic N) is 3. The van der Waals surface area contributed by atoms with Crippen molar-refractivity contribution in [1.82, 2.24) is 19.9 Å². The molecule has 0 saturated heterocycles. The number of hydrogen-bond acceptors (Lipinski definition) is 5. The molecule has 0 unspecified atom stereocenters. The van der Waals surface area contributed by atoms with Crippen LogP contribution in [-0.4, -0.2) is 37.8 Å². The van der Waals surface area contributed by atoms with E-state index >= 15 is 0 Å². The zero-order valence-corrected chi connectivity index (χ0v) is 19.3. The van der Waals surface area contributed by atoms with Crippen molar-refractivity contribution in [3.8, 4) is 11.3 Å². The lowest BCUT2D eigenvalue weighted by Crippen LogP contribution is -2.35. The van der Waals surface area contributed by atoms with Crippen molar-refractivity contribution in [3.05, 3.63) is 52.0 Å². The van der Waals surface area contributed by atoms with Gasteiger partial charge in [-0.05, 0) is 31.7 Å². The molecule has 36 heavy (non-hydrogen) atoms. The minimum absolute atomic E-state index is 0.0310. The number of rotatable bonds is 4. The highest BCUT2D eigenvalue weighted by Crippen LogP contribution is 2.49. The first-order chi connectivity index (χ1) is 16.9. The number of carbonyl (C=O) groups is 1. The molecular formula is C25H23F5N4O2. The third kappa shape index (κ3) is 4.51. The number of H-pyrrole nitrogens is 1. The van der Waals surface area contributed by atoms with Gasteiger partial charge in [0.1, 0.15) is 11.5 Å². The molecule has 6 nitrogen and oxygen atoms in total. The number of Topliss-reactive ketones (excluding diaryl/α,β-unsaturated/α-hetero) is 1. The fourth-order valence-corrected chi connectivity index (χ4v) is 5.27. The zero-order valence-electron chi connectivity index (χ0n) is 19.3. The Morgan fingerprint density at radius 2 is 1.78 bits per heavy atom. The number of pyridine rings is 2. The molecular weight excluding hydrogens is 483 g/mol. The number of aromatic nitrogens is 4. The normalized spacial score (nSPS) is 22.4. The number of halogens is 5. The summed E-state index contributed by atoms with van der Waals surface area (Å²) in [4.78, 5) is 40.9. The lowest BCUT2D eigenvalue weighted by molar-refractivity contribution is -0.182. The molecule has 0 radical (unpaired) electrons. The second-order valence-electron chi connectivity index (χ2n) is 9.76. The monoisotopic (exact) mass is 506 g/mol. The molecule has 2 aliphatic carbocycles. The van der Waals surface area contributed by atoms with E-state index in [1.807, 2.05) is 0 Å². The maximum Gasteiger partial charge on any atom is 0.391 e. The van der Waals surface area contributed by atoms with Gasteiger partial charge in [0.05, 0.1) is 28.2 Å². The molecule has 190 valence electrons. The predicted molar refractivity (Wildman–Crippen MR) is 121 cm³/mol. The smallest absolute Gasteiger partial charge is 0.354 e. The maximum absolute atomic E-state index is 13.5. The lowest BCUT2D eigenvalue weighted by Gasteiger charge is -2.35. The minimum atomic E-state index is -4.27. The zero-order chi connectivity index (χ0) is 25.8. The largest absolute Gasteiger partial charge is 0.391 e. The van der Waals surface area contributed by atoms with E-state index in [1.165, 1.54) is 25.4 Å². The van der Waals surface area contributed by atoms with Gasteiger partial charge >= 0.3 is 6.18 Å². The van der Waals surface area contributed by atoms with Crippen LogP contribution in [0, 0.1) is 5.92 Å². The minimum Gasteiger partial charge on any atom is -0.354 e. The summed E-state index contributed by atoms with van der Waals surface area (Å²) in [6, 6.07) is 2.84. The van der Waals surface area contributed by atoms with Gasteiger partial charge in [-0.15, -0.1) is 0 Å². The molecule has 11 heteroatoms. The summed E-state index contributed by atoms with van der Waals surface area (Å²) in [6.07, 6.45) is -1.83. The molecule has 2 aliphatic rings. The van der Waals surface area contributed by atoms with E-state index in [1.54, 1.807) is 6.07 Å². The second-order valence-corrected chi connectivity index (χ2v) is 9.76. The van der Waals surface area contributed by atoms with Crippen LogP contribution in [0.2, 0.25) is 0 Å². The average molecular weight is 506 g/mol. The molecule has 1 N–H and O–H groups in total. The highest BCUT2D eigenvalue weighted by Gasteiger charge is 2.48. The summed E-state index contributed by atoms with van der Waals surface area (Å²) in [6.45, 7) is 1.31. The van der Waals surface area contributed by atoms with Crippen LogP contribution in [0.15, 0.2) is 29.3 Å². The topological polar surface area (TPSA) is 88.6 Å². The Bertz CT molecular complexity index is 1390. The molecule has 0 aliphatic heterocycles. The van der Waals surface area contributed by atoms with Crippen LogP contribution in [-0.2, 0) is 0 Å². The number of aromatic amines is 1. The van der Waals surface area contributed by atoms with Crippen molar-refractivity contribution >= 4 is 16.7 Å². The average Bonchev–Trinajstić information content (AvgIpc) is 2.81. The van der Waals surface area contributed by atoms with Crippen LogP contribution in [0.3, 0.4) is 0 Å². The number of alkyl halides is 5. The highest BCUT2D eigenvalue weighted by molar-refractivity contribution is 6.04. The lowest BCUT2D eigenvalue weighted by atomic mass is 9.78. The van der Waals surface area contributed by atoms with Crippen molar-refractivity contribution < 1.29 is 26.7 Å². The third-order valence-corrected chi connectivity index (χ3v) is 7.23. The first kappa shape index (κ1) is 24.5. The Hall–Kier alpha value is -3.24. The Kier molecular flexibility index (Phi) is 5.91. The van der Waals surface area contributed by atoms with Gasteiger partial charge in [0, 0.05) is 55.6 Å². The first-order valence-electron chi connectivity index (χ1n) is 11.8. The molecule has 5 rings (SSSR count). The Morgan fingerprint density at radius 3 is 2.39 bits per heavy atom. The summed E-state index contributed by atoms with van der Waals surface area (Å²) in [7, 11) is 0. The van der Waals surface area contributed by atoms with Gasteiger partial charge < -0.3 is 4.98 Å². The van der Waals surface area contributed by atoms with Crippen LogP contribution < -0.4 is 5.43 Å². The van der Waals surface area contributed by atoms with Gasteiger partial charge in [0.15, 0.2) is 11.2 Å². The van der Waals surface area contributed by atoms with Crippen molar-refractivity contribution in [3.63, 3.8) is 0 Å². The number of carbonyl (C=O) groups excluding carboxylic acids is 1. The van der Waals surface area contributed by atoms with E-state index in [4.69, 9.17) is 0 Å². The third-order valence-electron chi connectivity index (χ3n) is 7.23. The predicted octanol–water partition coefficient (Wildman–Crippen LogP) is 5.93. The van der Waals surface area contributed by atoms with Crippen molar-refractivity contribution in [2.24, 2.45) is 5.92 Å². The molecule has 3 aromatic rings. The first-order valence-corrected chi connectivity index (χ1v) is 11.8. The van der Waals surface area contributed by atoms with Crippen LogP contribution in [0.4, 0.5) is 22.0 Å². The highest BCUT2D eigenvalue weighted by atomic mass is 19.4. The molecule has 3 aromatic heterocycles. The van der Waals surface area contributed by atoms with E-state index in [9.17, 15) is 31.5 Å². The summed E-state index contributed by atoms with van der Waals surface area (Å²) in [5.74, 6) is -5.16. The van der Waals surface area contributed by atoms with Crippen LogP contribution >= 0.6 is 0 Å². The number of ketones is 1. The SMILES string of the molecule is CC(=O)c1nccc2[nH]c(-c3cnc(C4CC(F)(F)C4)nc3[C@H]3CC[C@H](C(F)(F)F)CC3)cc(=O)c12. The Morgan fingerprint density at radius 1 is 1.08 bits per heavy atom. The van der Waals surface area contributed by atoms with Crippen LogP contribution in [0.25, 0.3) is 22.2 Å². The molecule has 0 amide bonds. The molecule has 2 saturated carbocycles. The van der Waals surface area contributed by atoms with Crippen LogP contribution in [0.5, 0.6) is 0 Å². The molecule has 2 fully saturated rings. The van der Waals surface area contributed by atoms with Gasteiger partial charge in [-0.2, -0.15) is 13.2 Å². The number of nitrogens with one attached hydrogen (secondary N) is 1. The van der Waals surface area contributed by atoms with Crippen LogP contribution in [0.1, 0.15) is 79.3 Å². The summed E-state index contributed by atoms with van der Waals surface area (Å²) in [5.41, 5.74) is 1.17. The van der Waals surface area contributed by atoms with Gasteiger partial charge in [-0.3, -0.25) is 14.6 Å². The number of fused-ring (bicyclic) bond motifs is 1. The van der Waals surface area contributed by atoms with Crippen molar-refractivity contribution in [1.29, 1.82) is 0 Å². The molecule has 0 bridgehead atoms. The summed E-state index contributed by atoms with van der Waals surface area (Å²) >= 11 is 0. The molecule has 0 atom stereocenters. The number of hydrogen-bond donors (Lipinski definition) is 1. The fraction of sp³-hybridized carbons (Fsp3) is 0.480. The molecule has 0 aromatic carbocycles. The standard InChI is InChI=1S/C25H23F5N4O2/c1-12(35)21-20-17(6-7-31-21)33-18(8-19(20)36)16-11-32-23(14-9-24(26,27)10-14)34-22(16)13-2-4-15(5-3-13)25(28,29)30/h6-8,11,13-15H,2-5,9-10H2,1H3,(H,33,36)/t13-,15-. The second kappa shape index (κ2) is 8.70.